The molecule has 4 fully saturated rings. The lowest BCUT2D eigenvalue weighted by molar-refractivity contribution is -0.128. The summed E-state index contributed by atoms with van der Waals surface area (Å²) in [6, 6.07) is 4.00. The van der Waals surface area contributed by atoms with Gasteiger partial charge in [-0.25, -0.2) is 4.98 Å². The van der Waals surface area contributed by atoms with Crippen LogP contribution >= 0.6 is 0 Å². The number of imidazole rings is 1. The third kappa shape index (κ3) is 6.11. The van der Waals surface area contributed by atoms with E-state index in [0.29, 0.717) is 25.7 Å². The average molecular weight is 624 g/mol. The van der Waals surface area contributed by atoms with Gasteiger partial charge in [-0.15, -0.1) is 0 Å². The molecule has 4 unspecified atom stereocenters. The number of nitrogens with one attached hydrogen (secondary N) is 1. The van der Waals surface area contributed by atoms with E-state index >= 15 is 0 Å². The van der Waals surface area contributed by atoms with Gasteiger partial charge in [0.15, 0.2) is 0 Å². The molecule has 0 aliphatic heterocycles. The number of nitrogens with zero attached hydrogens (tertiary/aromatic N) is 2. The van der Waals surface area contributed by atoms with E-state index in [1.807, 2.05) is 46.0 Å². The molecule has 4 aliphatic carbocycles. The van der Waals surface area contributed by atoms with Gasteiger partial charge in [-0.1, -0.05) is 27.7 Å². The Bertz CT molecular complexity index is 1440. The van der Waals surface area contributed by atoms with Gasteiger partial charge in [-0.2, -0.15) is 16.8 Å². The zero-order chi connectivity index (χ0) is 31.2. The Morgan fingerprint density at radius 2 is 1.26 bits per heavy atom. The first-order valence-corrected chi connectivity index (χ1v) is 17.4. The standard InChI is InChI=1S/2C10H16O4S.C9H9N3/c2*1-9(2)7-3-4-10(9,8(11)5-7)6-15(12,13)14;1-3-10-4-2-8(1)5-9-6-11-7-12-9/h2*7H,3-6H2,1-2H3,(H,12,13,14);1-4,6-7H,5H2,(H,11,12). The van der Waals surface area contributed by atoms with E-state index in [9.17, 15) is 26.4 Å². The van der Waals surface area contributed by atoms with Gasteiger partial charge in [0.05, 0.1) is 28.7 Å². The van der Waals surface area contributed by atoms with Crippen LogP contribution in [-0.2, 0) is 36.2 Å². The second-order valence-electron chi connectivity index (χ2n) is 13.4. The van der Waals surface area contributed by atoms with Crippen molar-refractivity contribution in [1.82, 2.24) is 15.0 Å². The number of hydrogen-bond donors (Lipinski definition) is 3. The second kappa shape index (κ2) is 11.2. The third-order valence-corrected chi connectivity index (χ3v) is 12.5. The second-order valence-corrected chi connectivity index (χ2v) is 16.3. The Morgan fingerprint density at radius 1 is 0.810 bits per heavy atom. The maximum Gasteiger partial charge on any atom is 0.265 e. The number of carbonyl (C=O) groups excluding carboxylic acids is 2. The lowest BCUT2D eigenvalue weighted by Gasteiger charge is -2.35. The van der Waals surface area contributed by atoms with E-state index in [1.54, 1.807) is 18.7 Å². The van der Waals surface area contributed by atoms with Crippen LogP contribution in [0.2, 0.25) is 0 Å². The highest BCUT2D eigenvalue weighted by Gasteiger charge is 2.66. The van der Waals surface area contributed by atoms with E-state index in [1.165, 1.54) is 5.56 Å². The van der Waals surface area contributed by atoms with Crippen molar-refractivity contribution < 1.29 is 35.5 Å². The van der Waals surface area contributed by atoms with Gasteiger partial charge in [0, 0.05) is 43.5 Å². The topological polar surface area (TPSA) is 184 Å². The summed E-state index contributed by atoms with van der Waals surface area (Å²) >= 11 is 0. The van der Waals surface area contributed by atoms with Crippen molar-refractivity contribution >= 4 is 31.8 Å². The minimum atomic E-state index is -4.08. The first kappa shape index (κ1) is 32.4. The molecule has 3 N–H and O–H groups in total. The van der Waals surface area contributed by atoms with Crippen LogP contribution in [0.1, 0.15) is 77.5 Å². The molecule has 42 heavy (non-hydrogen) atoms. The molecule has 2 heterocycles. The maximum absolute atomic E-state index is 11.9. The van der Waals surface area contributed by atoms with E-state index in [4.69, 9.17) is 9.11 Å². The fraction of sp³-hybridized carbons (Fsp3) is 0.655. The predicted octanol–water partition coefficient (Wildman–Crippen LogP) is 3.93. The van der Waals surface area contributed by atoms with Gasteiger partial charge in [0.1, 0.15) is 11.6 Å². The molecule has 0 amide bonds. The summed E-state index contributed by atoms with van der Waals surface area (Å²) in [5, 5.41) is 0. The normalized spacial score (nSPS) is 30.4. The van der Waals surface area contributed by atoms with Crippen molar-refractivity contribution in [2.24, 2.45) is 33.5 Å². The lowest BCUT2D eigenvalue weighted by Crippen LogP contribution is -2.42. The van der Waals surface area contributed by atoms with Crippen LogP contribution in [0, 0.1) is 33.5 Å². The highest BCUT2D eigenvalue weighted by molar-refractivity contribution is 7.86. The summed E-state index contributed by atoms with van der Waals surface area (Å²) in [5.74, 6) is -0.203. The molecule has 4 bridgehead atoms. The van der Waals surface area contributed by atoms with Crippen molar-refractivity contribution in [3.8, 4) is 0 Å². The summed E-state index contributed by atoms with van der Waals surface area (Å²) in [4.78, 5) is 34.7. The highest BCUT2D eigenvalue weighted by atomic mass is 32.2. The van der Waals surface area contributed by atoms with Crippen LogP contribution in [0.25, 0.3) is 0 Å². The molecule has 2 aromatic heterocycles. The Kier molecular flexibility index (Phi) is 8.66. The largest absolute Gasteiger partial charge is 0.348 e. The number of H-pyrrole nitrogens is 1. The van der Waals surface area contributed by atoms with Crippen molar-refractivity contribution in [1.29, 1.82) is 0 Å². The van der Waals surface area contributed by atoms with Crippen LogP contribution < -0.4 is 0 Å². The van der Waals surface area contributed by atoms with E-state index in [-0.39, 0.29) is 34.2 Å². The molecular weight excluding hydrogens is 582 g/mol. The minimum Gasteiger partial charge on any atom is -0.348 e. The number of aromatic nitrogens is 3. The molecule has 232 valence electrons. The summed E-state index contributed by atoms with van der Waals surface area (Å²) in [5.41, 5.74) is 0.131. The number of hydrogen-bond acceptors (Lipinski definition) is 8. The van der Waals surface area contributed by atoms with E-state index in [0.717, 1.165) is 25.0 Å². The Balaban J connectivity index is 0.000000146. The van der Waals surface area contributed by atoms with Crippen LogP contribution in [0.5, 0.6) is 0 Å². The fourth-order valence-corrected chi connectivity index (χ4v) is 10.5. The van der Waals surface area contributed by atoms with Gasteiger partial charge < -0.3 is 4.98 Å². The molecule has 6 rings (SSSR count). The molecule has 2 aromatic rings. The van der Waals surface area contributed by atoms with Gasteiger partial charge in [-0.05, 0) is 66.0 Å². The number of pyridine rings is 1. The van der Waals surface area contributed by atoms with Gasteiger partial charge in [0.25, 0.3) is 20.2 Å². The number of rotatable bonds is 6. The zero-order valence-corrected chi connectivity index (χ0v) is 26.2. The number of aromatic amines is 1. The molecule has 4 aliphatic rings. The molecular formula is C29H41N3O8S2. The number of carbonyl (C=O) groups is 2. The van der Waals surface area contributed by atoms with Crippen LogP contribution in [0.15, 0.2) is 37.1 Å². The Labute approximate surface area is 247 Å². The zero-order valence-electron chi connectivity index (χ0n) is 24.5. The van der Waals surface area contributed by atoms with Gasteiger partial charge in [0.2, 0.25) is 0 Å². The third-order valence-electron chi connectivity index (χ3n) is 10.8. The molecule has 13 heteroatoms. The van der Waals surface area contributed by atoms with Crippen LogP contribution in [0.3, 0.4) is 0 Å². The number of Topliss-reactive ketones (excluding diaryl/α,β-unsaturated/α-hetero) is 2. The molecule has 11 nitrogen and oxygen atoms in total. The monoisotopic (exact) mass is 623 g/mol. The van der Waals surface area contributed by atoms with Crippen molar-refractivity contribution in [3.05, 3.63) is 48.3 Å². The summed E-state index contributed by atoms with van der Waals surface area (Å²) in [6.45, 7) is 7.78. The summed E-state index contributed by atoms with van der Waals surface area (Å²) in [6.07, 6.45) is 12.0. The maximum atomic E-state index is 11.9. The van der Waals surface area contributed by atoms with E-state index in [2.05, 4.69) is 15.0 Å². The molecule has 4 atom stereocenters. The smallest absolute Gasteiger partial charge is 0.265 e. The molecule has 0 aromatic carbocycles. The number of fused-ring (bicyclic) bond motifs is 4. The summed E-state index contributed by atoms with van der Waals surface area (Å²) in [7, 11) is -8.15. The SMILES string of the molecule is CC1(C)C2CCC1(CS(=O)(=O)O)C(=O)C2.CC1(C)C2CCC1(CS(=O)(=O)O)C(=O)C2.c1cc(Cc2cnc[nH]2)ccn1. The van der Waals surface area contributed by atoms with Crippen molar-refractivity contribution in [3.63, 3.8) is 0 Å². The molecule has 0 radical (unpaired) electrons. The van der Waals surface area contributed by atoms with Gasteiger partial charge in [-0.3, -0.25) is 23.7 Å². The lowest BCUT2D eigenvalue weighted by atomic mass is 9.70. The van der Waals surface area contributed by atoms with E-state index < -0.39 is 42.6 Å². The van der Waals surface area contributed by atoms with Crippen LogP contribution in [0.4, 0.5) is 0 Å². The highest BCUT2D eigenvalue weighted by Crippen LogP contribution is 2.65. The molecule has 4 saturated carbocycles. The minimum absolute atomic E-state index is 0.0152. The van der Waals surface area contributed by atoms with Gasteiger partial charge >= 0.3 is 0 Å². The van der Waals surface area contributed by atoms with Crippen molar-refractivity contribution in [2.75, 3.05) is 11.5 Å². The fourth-order valence-electron chi connectivity index (χ4n) is 7.94. The quantitative estimate of drug-likeness (QED) is 0.398. The van der Waals surface area contributed by atoms with Crippen LogP contribution in [-0.4, -0.2) is 64.0 Å². The van der Waals surface area contributed by atoms with Crippen molar-refractivity contribution in [2.45, 2.75) is 72.6 Å². The first-order chi connectivity index (χ1) is 19.3. The average Bonchev–Trinajstić information content (AvgIpc) is 3.60. The Morgan fingerprint density at radius 3 is 1.57 bits per heavy atom. The predicted molar refractivity (Wildman–Crippen MR) is 156 cm³/mol. The Hall–Kier alpha value is -2.48. The molecule has 0 saturated heterocycles. The first-order valence-electron chi connectivity index (χ1n) is 14.2. The molecule has 0 spiro atoms. The summed E-state index contributed by atoms with van der Waals surface area (Å²) < 4.78 is 62.0. The number of ketones is 2.